The summed E-state index contributed by atoms with van der Waals surface area (Å²) in [7, 11) is 0. The van der Waals surface area contributed by atoms with Crippen molar-refractivity contribution >= 4 is 5.91 Å². The van der Waals surface area contributed by atoms with Gasteiger partial charge in [-0.3, -0.25) is 4.79 Å². The Morgan fingerprint density at radius 2 is 2.07 bits per heavy atom. The molecule has 0 radical (unpaired) electrons. The molecule has 2 N–H and O–H groups in total. The van der Waals surface area contributed by atoms with E-state index in [0.29, 0.717) is 18.4 Å². The van der Waals surface area contributed by atoms with Gasteiger partial charge in [0.1, 0.15) is 0 Å². The fourth-order valence-corrected chi connectivity index (χ4v) is 1.92. The molecule has 1 aliphatic rings. The molecule has 0 saturated heterocycles. The summed E-state index contributed by atoms with van der Waals surface area (Å²) in [6.45, 7) is 7.09. The van der Waals surface area contributed by atoms with Crippen LogP contribution in [0.3, 0.4) is 0 Å². The molecule has 1 unspecified atom stereocenters. The van der Waals surface area contributed by atoms with E-state index < -0.39 is 0 Å². The normalized spacial score (nSPS) is 17.9. The smallest absolute Gasteiger partial charge is 0.224 e. The Morgan fingerprint density at radius 3 is 2.47 bits per heavy atom. The standard InChI is InChI=1S/C12H24N2O/c1-4-7-14(9(2)3)12(15)8-11(13)10-5-6-10/h9-11H,4-8,13H2,1-3H3. The number of hydrogen-bond donors (Lipinski definition) is 1. The van der Waals surface area contributed by atoms with E-state index in [1.54, 1.807) is 0 Å². The van der Waals surface area contributed by atoms with Crippen LogP contribution in [0.1, 0.15) is 46.5 Å². The van der Waals surface area contributed by atoms with Crippen LogP contribution >= 0.6 is 0 Å². The van der Waals surface area contributed by atoms with E-state index in [-0.39, 0.29) is 11.9 Å². The van der Waals surface area contributed by atoms with Crippen LogP contribution in [0.5, 0.6) is 0 Å². The second-order valence-corrected chi connectivity index (χ2v) is 4.89. The summed E-state index contributed by atoms with van der Waals surface area (Å²) in [5.74, 6) is 0.843. The molecule has 0 aromatic carbocycles. The highest BCUT2D eigenvalue weighted by atomic mass is 16.2. The molecule has 3 nitrogen and oxygen atoms in total. The van der Waals surface area contributed by atoms with Crippen LogP contribution in [-0.2, 0) is 4.79 Å². The van der Waals surface area contributed by atoms with Crippen LogP contribution in [0.2, 0.25) is 0 Å². The molecule has 0 aromatic heterocycles. The first-order chi connectivity index (χ1) is 7.06. The maximum atomic E-state index is 12.0. The van der Waals surface area contributed by atoms with Crippen LogP contribution < -0.4 is 5.73 Å². The lowest BCUT2D eigenvalue weighted by atomic mass is 10.1. The molecular weight excluding hydrogens is 188 g/mol. The predicted octanol–water partition coefficient (Wildman–Crippen LogP) is 1.76. The molecule has 3 heteroatoms. The largest absolute Gasteiger partial charge is 0.340 e. The lowest BCUT2D eigenvalue weighted by molar-refractivity contribution is -0.133. The monoisotopic (exact) mass is 212 g/mol. The average molecular weight is 212 g/mol. The minimum atomic E-state index is 0.0932. The number of carbonyl (C=O) groups excluding carboxylic acids is 1. The van der Waals surface area contributed by atoms with Crippen LogP contribution in [0.15, 0.2) is 0 Å². The zero-order chi connectivity index (χ0) is 11.4. The molecule has 0 aliphatic heterocycles. The van der Waals surface area contributed by atoms with E-state index in [9.17, 15) is 4.79 Å². The SMILES string of the molecule is CCCN(C(=O)CC(N)C1CC1)C(C)C. The third-order valence-corrected chi connectivity index (χ3v) is 3.05. The maximum Gasteiger partial charge on any atom is 0.224 e. The van der Waals surface area contributed by atoms with E-state index in [1.807, 2.05) is 4.90 Å². The van der Waals surface area contributed by atoms with Crippen LogP contribution in [0.4, 0.5) is 0 Å². The number of carbonyl (C=O) groups is 1. The Hall–Kier alpha value is -0.570. The van der Waals surface area contributed by atoms with E-state index in [1.165, 1.54) is 12.8 Å². The summed E-state index contributed by atoms with van der Waals surface area (Å²) in [6, 6.07) is 0.388. The van der Waals surface area contributed by atoms with Gasteiger partial charge in [0, 0.05) is 25.0 Å². The topological polar surface area (TPSA) is 46.3 Å². The highest BCUT2D eigenvalue weighted by Crippen LogP contribution is 2.33. The summed E-state index contributed by atoms with van der Waals surface area (Å²) in [4.78, 5) is 13.9. The van der Waals surface area contributed by atoms with E-state index >= 15 is 0 Å². The first-order valence-electron chi connectivity index (χ1n) is 6.11. The highest BCUT2D eigenvalue weighted by molar-refractivity contribution is 5.77. The summed E-state index contributed by atoms with van der Waals surface area (Å²) in [5.41, 5.74) is 5.97. The number of hydrogen-bond acceptors (Lipinski definition) is 2. The number of nitrogens with two attached hydrogens (primary N) is 1. The fraction of sp³-hybridized carbons (Fsp3) is 0.917. The van der Waals surface area contributed by atoms with Gasteiger partial charge in [-0.2, -0.15) is 0 Å². The second kappa shape index (κ2) is 5.50. The van der Waals surface area contributed by atoms with Gasteiger partial charge >= 0.3 is 0 Å². The van der Waals surface area contributed by atoms with Crippen molar-refractivity contribution in [3.8, 4) is 0 Å². The number of rotatable bonds is 6. The molecule has 1 rings (SSSR count). The molecule has 0 heterocycles. The van der Waals surface area contributed by atoms with Crippen molar-refractivity contribution in [1.29, 1.82) is 0 Å². The quantitative estimate of drug-likeness (QED) is 0.729. The molecule has 88 valence electrons. The van der Waals surface area contributed by atoms with Crippen molar-refractivity contribution in [2.75, 3.05) is 6.54 Å². The second-order valence-electron chi connectivity index (χ2n) is 4.89. The van der Waals surface area contributed by atoms with Gasteiger partial charge in [0.2, 0.25) is 5.91 Å². The van der Waals surface area contributed by atoms with Crippen LogP contribution in [-0.4, -0.2) is 29.4 Å². The molecule has 15 heavy (non-hydrogen) atoms. The van der Waals surface area contributed by atoms with E-state index in [0.717, 1.165) is 13.0 Å². The van der Waals surface area contributed by atoms with Gasteiger partial charge < -0.3 is 10.6 Å². The Morgan fingerprint density at radius 1 is 1.47 bits per heavy atom. The zero-order valence-corrected chi connectivity index (χ0v) is 10.2. The van der Waals surface area contributed by atoms with Gasteiger partial charge in [0.05, 0.1) is 0 Å². The zero-order valence-electron chi connectivity index (χ0n) is 10.2. The summed E-state index contributed by atoms with van der Waals surface area (Å²) < 4.78 is 0. The van der Waals surface area contributed by atoms with Crippen LogP contribution in [0, 0.1) is 5.92 Å². The van der Waals surface area contributed by atoms with E-state index in [4.69, 9.17) is 5.73 Å². The fourth-order valence-electron chi connectivity index (χ4n) is 1.92. The molecule has 1 atom stereocenters. The predicted molar refractivity (Wildman–Crippen MR) is 62.5 cm³/mol. The molecule has 1 saturated carbocycles. The minimum Gasteiger partial charge on any atom is -0.340 e. The number of nitrogens with zero attached hydrogens (tertiary/aromatic N) is 1. The maximum absolute atomic E-state index is 12.0. The van der Waals surface area contributed by atoms with Crippen molar-refractivity contribution in [2.24, 2.45) is 11.7 Å². The van der Waals surface area contributed by atoms with Crippen LogP contribution in [0.25, 0.3) is 0 Å². The first-order valence-corrected chi connectivity index (χ1v) is 6.11. The molecule has 1 aliphatic carbocycles. The Balaban J connectivity index is 2.40. The van der Waals surface area contributed by atoms with Gasteiger partial charge in [-0.25, -0.2) is 0 Å². The summed E-state index contributed by atoms with van der Waals surface area (Å²) >= 11 is 0. The van der Waals surface area contributed by atoms with E-state index in [2.05, 4.69) is 20.8 Å². The third-order valence-electron chi connectivity index (χ3n) is 3.05. The Bertz CT molecular complexity index is 212. The lowest BCUT2D eigenvalue weighted by Gasteiger charge is -2.27. The van der Waals surface area contributed by atoms with Crippen molar-refractivity contribution < 1.29 is 4.79 Å². The van der Waals surface area contributed by atoms with Gasteiger partial charge in [-0.15, -0.1) is 0 Å². The van der Waals surface area contributed by atoms with Gasteiger partial charge in [0.25, 0.3) is 0 Å². The first kappa shape index (κ1) is 12.5. The summed E-state index contributed by atoms with van der Waals surface area (Å²) in [6.07, 6.45) is 3.97. The Labute approximate surface area is 93.0 Å². The molecular formula is C12H24N2O. The van der Waals surface area contributed by atoms with Gasteiger partial charge in [-0.1, -0.05) is 6.92 Å². The molecule has 1 fully saturated rings. The Kier molecular flexibility index (Phi) is 4.58. The van der Waals surface area contributed by atoms with Crippen molar-refractivity contribution in [2.45, 2.75) is 58.5 Å². The molecule has 0 aromatic rings. The molecule has 0 bridgehead atoms. The van der Waals surface area contributed by atoms with Gasteiger partial charge in [-0.05, 0) is 39.0 Å². The molecule has 1 amide bonds. The van der Waals surface area contributed by atoms with Crippen molar-refractivity contribution in [3.63, 3.8) is 0 Å². The minimum absolute atomic E-state index is 0.0932. The molecule has 0 spiro atoms. The van der Waals surface area contributed by atoms with Crippen molar-refractivity contribution in [3.05, 3.63) is 0 Å². The average Bonchev–Trinajstić information content (AvgIpc) is 2.95. The summed E-state index contributed by atoms with van der Waals surface area (Å²) in [5, 5.41) is 0. The van der Waals surface area contributed by atoms with Crippen molar-refractivity contribution in [1.82, 2.24) is 4.90 Å². The number of amides is 1. The van der Waals surface area contributed by atoms with Gasteiger partial charge in [0.15, 0.2) is 0 Å². The third kappa shape index (κ3) is 3.82. The lowest BCUT2D eigenvalue weighted by Crippen LogP contribution is -2.41. The highest BCUT2D eigenvalue weighted by Gasteiger charge is 2.31.